The predicted octanol–water partition coefficient (Wildman–Crippen LogP) is 2.38. The molecule has 1 atom stereocenters. The van der Waals surface area contributed by atoms with Crippen LogP contribution in [0.5, 0.6) is 0 Å². The summed E-state index contributed by atoms with van der Waals surface area (Å²) in [6.45, 7) is 6.69. The molecule has 1 unspecified atom stereocenters. The van der Waals surface area contributed by atoms with Gasteiger partial charge in [0, 0.05) is 12.5 Å². The molecule has 0 spiro atoms. The van der Waals surface area contributed by atoms with Crippen molar-refractivity contribution in [3.8, 4) is 0 Å². The van der Waals surface area contributed by atoms with Crippen LogP contribution in [0.2, 0.25) is 0 Å². The van der Waals surface area contributed by atoms with E-state index in [4.69, 9.17) is 9.47 Å². The lowest BCUT2D eigenvalue weighted by Gasteiger charge is -2.36. The number of morpholine rings is 1. The maximum absolute atomic E-state index is 12.6. The fourth-order valence-electron chi connectivity index (χ4n) is 2.86. The molecule has 0 bridgehead atoms. The van der Waals surface area contributed by atoms with Gasteiger partial charge in [0.05, 0.1) is 13.2 Å². The molecule has 20 heavy (non-hydrogen) atoms. The first-order valence-corrected chi connectivity index (χ1v) is 7.49. The number of amides is 1. The van der Waals surface area contributed by atoms with Crippen LogP contribution in [-0.2, 0) is 14.3 Å². The normalized spacial score (nSPS) is 24.8. The minimum Gasteiger partial charge on any atom is -0.444 e. The maximum atomic E-state index is 12.6. The van der Waals surface area contributed by atoms with Gasteiger partial charge in [0.15, 0.2) is 5.78 Å². The van der Waals surface area contributed by atoms with Crippen molar-refractivity contribution in [2.45, 2.75) is 58.1 Å². The van der Waals surface area contributed by atoms with Crippen LogP contribution in [0.25, 0.3) is 0 Å². The Labute approximate surface area is 120 Å². The van der Waals surface area contributed by atoms with Crippen molar-refractivity contribution in [3.05, 3.63) is 0 Å². The van der Waals surface area contributed by atoms with Gasteiger partial charge >= 0.3 is 6.09 Å². The Balaban J connectivity index is 2.04. The predicted molar refractivity (Wildman–Crippen MR) is 74.5 cm³/mol. The first-order chi connectivity index (χ1) is 9.38. The van der Waals surface area contributed by atoms with Gasteiger partial charge in [-0.25, -0.2) is 4.79 Å². The molecule has 2 rings (SSSR count). The molecule has 5 heteroatoms. The van der Waals surface area contributed by atoms with E-state index in [-0.39, 0.29) is 11.7 Å². The van der Waals surface area contributed by atoms with Crippen molar-refractivity contribution >= 4 is 11.9 Å². The molecule has 1 saturated heterocycles. The molecule has 0 aromatic heterocycles. The first kappa shape index (κ1) is 15.3. The van der Waals surface area contributed by atoms with Gasteiger partial charge in [-0.2, -0.15) is 0 Å². The van der Waals surface area contributed by atoms with E-state index >= 15 is 0 Å². The summed E-state index contributed by atoms with van der Waals surface area (Å²) in [5.74, 6) is 0.236. The summed E-state index contributed by atoms with van der Waals surface area (Å²) in [4.78, 5) is 26.3. The minimum absolute atomic E-state index is 0.0895. The van der Waals surface area contributed by atoms with Crippen molar-refractivity contribution < 1.29 is 19.1 Å². The van der Waals surface area contributed by atoms with Crippen molar-refractivity contribution in [1.29, 1.82) is 0 Å². The Morgan fingerprint density at radius 1 is 1.20 bits per heavy atom. The zero-order chi connectivity index (χ0) is 14.8. The topological polar surface area (TPSA) is 55.8 Å². The molecule has 1 aliphatic carbocycles. The molecule has 2 aliphatic rings. The van der Waals surface area contributed by atoms with E-state index < -0.39 is 17.7 Å². The van der Waals surface area contributed by atoms with Crippen molar-refractivity contribution in [2.75, 3.05) is 19.8 Å². The van der Waals surface area contributed by atoms with E-state index in [9.17, 15) is 9.59 Å². The molecule has 1 saturated carbocycles. The Hall–Kier alpha value is -1.10. The number of rotatable bonds is 2. The van der Waals surface area contributed by atoms with E-state index in [1.807, 2.05) is 20.8 Å². The molecule has 0 radical (unpaired) electrons. The summed E-state index contributed by atoms with van der Waals surface area (Å²) in [5, 5.41) is 0. The second kappa shape index (κ2) is 6.12. The third kappa shape index (κ3) is 3.72. The number of carbonyl (C=O) groups is 2. The second-order valence-corrected chi connectivity index (χ2v) is 6.65. The van der Waals surface area contributed by atoms with Crippen molar-refractivity contribution in [2.24, 2.45) is 5.92 Å². The van der Waals surface area contributed by atoms with E-state index in [2.05, 4.69) is 0 Å². The highest BCUT2D eigenvalue weighted by atomic mass is 16.6. The van der Waals surface area contributed by atoms with Gasteiger partial charge in [-0.1, -0.05) is 12.8 Å². The van der Waals surface area contributed by atoms with Gasteiger partial charge in [0.1, 0.15) is 11.6 Å². The lowest BCUT2D eigenvalue weighted by Crippen LogP contribution is -2.55. The number of hydrogen-bond donors (Lipinski definition) is 0. The third-order valence-corrected chi connectivity index (χ3v) is 3.84. The smallest absolute Gasteiger partial charge is 0.411 e. The SMILES string of the molecule is CC(C)(C)OC(=O)N1CCOCC1C(=O)C1CCCC1. The highest BCUT2D eigenvalue weighted by molar-refractivity contribution is 5.89. The number of Topliss-reactive ketones (excluding diaryl/α,β-unsaturated/α-hetero) is 1. The molecular weight excluding hydrogens is 258 g/mol. The fourth-order valence-corrected chi connectivity index (χ4v) is 2.86. The van der Waals surface area contributed by atoms with Crippen molar-refractivity contribution in [3.63, 3.8) is 0 Å². The fraction of sp³-hybridized carbons (Fsp3) is 0.867. The number of nitrogens with zero attached hydrogens (tertiary/aromatic N) is 1. The molecule has 1 aliphatic heterocycles. The van der Waals surface area contributed by atoms with Crippen LogP contribution < -0.4 is 0 Å². The summed E-state index contributed by atoms with van der Waals surface area (Å²) in [5.41, 5.74) is -0.545. The molecule has 5 nitrogen and oxygen atoms in total. The van der Waals surface area contributed by atoms with E-state index in [1.165, 1.54) is 0 Å². The lowest BCUT2D eigenvalue weighted by atomic mass is 9.95. The van der Waals surface area contributed by atoms with Crippen LogP contribution in [0, 0.1) is 5.92 Å². The van der Waals surface area contributed by atoms with E-state index in [0.29, 0.717) is 19.8 Å². The second-order valence-electron chi connectivity index (χ2n) is 6.65. The molecule has 0 aromatic carbocycles. The monoisotopic (exact) mass is 283 g/mol. The molecule has 114 valence electrons. The molecule has 1 amide bonds. The van der Waals surface area contributed by atoms with Crippen LogP contribution in [0.15, 0.2) is 0 Å². The summed E-state index contributed by atoms with van der Waals surface area (Å²) in [7, 11) is 0. The van der Waals surface area contributed by atoms with Crippen LogP contribution in [0.4, 0.5) is 4.79 Å². The number of hydrogen-bond acceptors (Lipinski definition) is 4. The highest BCUT2D eigenvalue weighted by Gasteiger charge is 2.38. The molecule has 1 heterocycles. The lowest BCUT2D eigenvalue weighted by molar-refractivity contribution is -0.133. The summed E-state index contributed by atoms with van der Waals surface area (Å²) < 4.78 is 10.8. The zero-order valence-corrected chi connectivity index (χ0v) is 12.7. The Morgan fingerprint density at radius 2 is 1.85 bits per heavy atom. The Morgan fingerprint density at radius 3 is 2.45 bits per heavy atom. The molecular formula is C15H25NO4. The largest absolute Gasteiger partial charge is 0.444 e. The molecule has 2 fully saturated rings. The minimum atomic E-state index is -0.545. The number of carbonyl (C=O) groups excluding carboxylic acids is 2. The van der Waals surface area contributed by atoms with Gasteiger partial charge in [-0.15, -0.1) is 0 Å². The average molecular weight is 283 g/mol. The van der Waals surface area contributed by atoms with Crippen molar-refractivity contribution in [1.82, 2.24) is 4.90 Å². The maximum Gasteiger partial charge on any atom is 0.411 e. The Bertz CT molecular complexity index is 369. The highest BCUT2D eigenvalue weighted by Crippen LogP contribution is 2.28. The van der Waals surface area contributed by atoms with Gasteiger partial charge in [-0.3, -0.25) is 9.69 Å². The molecule has 0 N–H and O–H groups in total. The van der Waals surface area contributed by atoms with Crippen LogP contribution in [0.3, 0.4) is 0 Å². The van der Waals surface area contributed by atoms with Gasteiger partial charge in [0.25, 0.3) is 0 Å². The van der Waals surface area contributed by atoms with E-state index in [1.54, 1.807) is 4.90 Å². The summed E-state index contributed by atoms with van der Waals surface area (Å²) in [6.07, 6.45) is 3.69. The Kier molecular flexibility index (Phi) is 4.68. The quantitative estimate of drug-likeness (QED) is 0.781. The average Bonchev–Trinajstić information content (AvgIpc) is 2.89. The number of ketones is 1. The standard InChI is InChI=1S/C15H25NO4/c1-15(2,3)20-14(18)16-8-9-19-10-12(16)13(17)11-6-4-5-7-11/h11-12H,4-10H2,1-3H3. The van der Waals surface area contributed by atoms with Gasteiger partial charge in [0.2, 0.25) is 0 Å². The summed E-state index contributed by atoms with van der Waals surface area (Å²) >= 11 is 0. The molecule has 0 aromatic rings. The van der Waals surface area contributed by atoms with Gasteiger partial charge < -0.3 is 9.47 Å². The summed E-state index contributed by atoms with van der Waals surface area (Å²) in [6, 6.07) is -0.471. The van der Waals surface area contributed by atoms with Crippen LogP contribution in [0.1, 0.15) is 46.5 Å². The zero-order valence-electron chi connectivity index (χ0n) is 12.7. The van der Waals surface area contributed by atoms with Crippen LogP contribution >= 0.6 is 0 Å². The van der Waals surface area contributed by atoms with Gasteiger partial charge in [-0.05, 0) is 33.6 Å². The third-order valence-electron chi connectivity index (χ3n) is 3.84. The van der Waals surface area contributed by atoms with Crippen LogP contribution in [-0.4, -0.2) is 48.2 Å². The van der Waals surface area contributed by atoms with E-state index in [0.717, 1.165) is 25.7 Å². The number of ether oxygens (including phenoxy) is 2. The first-order valence-electron chi connectivity index (χ1n) is 7.49.